The molecule has 0 amide bonds. The second-order valence-corrected chi connectivity index (χ2v) is 4.68. The van der Waals surface area contributed by atoms with Crippen molar-refractivity contribution in [2.45, 2.75) is 20.3 Å². The summed E-state index contributed by atoms with van der Waals surface area (Å²) in [5, 5.41) is 9.21. The number of rotatable bonds is 6. The third-order valence-electron chi connectivity index (χ3n) is 2.96. The van der Waals surface area contributed by atoms with E-state index in [1.165, 1.54) is 6.07 Å². The molecule has 2 aromatic rings. The van der Waals surface area contributed by atoms with Crippen molar-refractivity contribution in [2.24, 2.45) is 0 Å². The number of benzene rings is 2. The maximum absolute atomic E-state index is 11.2. The van der Waals surface area contributed by atoms with Gasteiger partial charge >= 0.3 is 5.97 Å². The Hall–Kier alpha value is -2.49. The average Bonchev–Trinajstić information content (AvgIpc) is 2.48. The lowest BCUT2D eigenvalue weighted by atomic mass is 10.1. The molecular weight excluding hydrogens is 268 g/mol. The van der Waals surface area contributed by atoms with Crippen LogP contribution in [0.5, 0.6) is 17.2 Å². The molecule has 0 spiro atoms. The van der Waals surface area contributed by atoms with Crippen molar-refractivity contribution in [3.63, 3.8) is 0 Å². The molecule has 0 atom stereocenters. The molecule has 0 fully saturated rings. The second kappa shape index (κ2) is 6.79. The van der Waals surface area contributed by atoms with Crippen molar-refractivity contribution in [3.8, 4) is 17.2 Å². The predicted molar refractivity (Wildman–Crippen MR) is 80.4 cm³/mol. The fourth-order valence-electron chi connectivity index (χ4n) is 1.90. The maximum atomic E-state index is 11.2. The van der Waals surface area contributed by atoms with Gasteiger partial charge in [-0.1, -0.05) is 19.1 Å². The highest BCUT2D eigenvalue weighted by molar-refractivity contribution is 5.91. The first-order valence-corrected chi connectivity index (χ1v) is 6.85. The van der Waals surface area contributed by atoms with Gasteiger partial charge in [0.1, 0.15) is 22.8 Å². The highest BCUT2D eigenvalue weighted by Crippen LogP contribution is 2.30. The van der Waals surface area contributed by atoms with Gasteiger partial charge in [0, 0.05) is 0 Å². The Labute approximate surface area is 123 Å². The van der Waals surface area contributed by atoms with Crippen LogP contribution < -0.4 is 9.47 Å². The lowest BCUT2D eigenvalue weighted by Gasteiger charge is -2.12. The van der Waals surface area contributed by atoms with Gasteiger partial charge in [-0.05, 0) is 49.2 Å². The first kappa shape index (κ1) is 14.9. The van der Waals surface area contributed by atoms with Gasteiger partial charge in [-0.15, -0.1) is 0 Å². The number of aromatic carboxylic acids is 1. The van der Waals surface area contributed by atoms with Crippen LogP contribution in [0.2, 0.25) is 0 Å². The first-order chi connectivity index (χ1) is 10.1. The van der Waals surface area contributed by atoms with Gasteiger partial charge in [-0.25, -0.2) is 4.79 Å². The number of ether oxygens (including phenoxy) is 2. The van der Waals surface area contributed by atoms with Crippen LogP contribution in [0.3, 0.4) is 0 Å². The summed E-state index contributed by atoms with van der Waals surface area (Å²) in [6.45, 7) is 4.53. The summed E-state index contributed by atoms with van der Waals surface area (Å²) in [5.41, 5.74) is 0.933. The van der Waals surface area contributed by atoms with Crippen LogP contribution in [0.15, 0.2) is 42.5 Å². The molecule has 0 unspecified atom stereocenters. The molecule has 2 rings (SSSR count). The van der Waals surface area contributed by atoms with Crippen LogP contribution in [0.4, 0.5) is 0 Å². The van der Waals surface area contributed by atoms with Crippen molar-refractivity contribution in [2.75, 3.05) is 6.61 Å². The lowest BCUT2D eigenvalue weighted by molar-refractivity contribution is 0.0694. The van der Waals surface area contributed by atoms with Gasteiger partial charge in [0.2, 0.25) is 0 Å². The van der Waals surface area contributed by atoms with E-state index in [1.54, 1.807) is 18.2 Å². The summed E-state index contributed by atoms with van der Waals surface area (Å²) in [5.74, 6) is 0.715. The molecule has 0 aliphatic rings. The Balaban J connectivity index is 2.20. The largest absolute Gasteiger partial charge is 0.494 e. The van der Waals surface area contributed by atoms with Crippen LogP contribution in [0.1, 0.15) is 29.3 Å². The molecule has 2 aromatic carbocycles. The zero-order valence-corrected chi connectivity index (χ0v) is 12.1. The van der Waals surface area contributed by atoms with Crippen LogP contribution in [0.25, 0.3) is 0 Å². The summed E-state index contributed by atoms with van der Waals surface area (Å²) < 4.78 is 11.2. The van der Waals surface area contributed by atoms with E-state index in [2.05, 4.69) is 0 Å². The molecule has 21 heavy (non-hydrogen) atoms. The molecular formula is C17H18O4. The summed E-state index contributed by atoms with van der Waals surface area (Å²) >= 11 is 0. The zero-order valence-electron chi connectivity index (χ0n) is 12.1. The number of carboxylic acid groups (broad SMARTS) is 1. The molecule has 0 bridgehead atoms. The first-order valence-electron chi connectivity index (χ1n) is 6.85. The smallest absolute Gasteiger partial charge is 0.339 e. The summed E-state index contributed by atoms with van der Waals surface area (Å²) in [6, 6.07) is 12.2. The van der Waals surface area contributed by atoms with Gasteiger partial charge in [0.15, 0.2) is 0 Å². The SMILES string of the molecule is CCCOc1ccc(Oc2c(C)cccc2C(=O)O)cc1. The summed E-state index contributed by atoms with van der Waals surface area (Å²) in [7, 11) is 0. The van der Waals surface area contributed by atoms with E-state index < -0.39 is 5.97 Å². The zero-order chi connectivity index (χ0) is 15.2. The van der Waals surface area contributed by atoms with Crippen LogP contribution in [0, 0.1) is 6.92 Å². The van der Waals surface area contributed by atoms with Crippen molar-refractivity contribution < 1.29 is 19.4 Å². The number of carbonyl (C=O) groups is 1. The van der Waals surface area contributed by atoms with Gasteiger partial charge in [-0.2, -0.15) is 0 Å². The van der Waals surface area contributed by atoms with Crippen molar-refractivity contribution >= 4 is 5.97 Å². The summed E-state index contributed by atoms with van der Waals surface area (Å²) in [6.07, 6.45) is 0.948. The predicted octanol–water partition coefficient (Wildman–Crippen LogP) is 4.27. The Kier molecular flexibility index (Phi) is 4.82. The van der Waals surface area contributed by atoms with E-state index in [1.807, 2.05) is 32.0 Å². The van der Waals surface area contributed by atoms with Gasteiger partial charge in [-0.3, -0.25) is 0 Å². The number of aryl methyl sites for hydroxylation is 1. The molecule has 0 heterocycles. The Morgan fingerprint density at radius 1 is 1.10 bits per heavy atom. The lowest BCUT2D eigenvalue weighted by Crippen LogP contribution is -2.01. The van der Waals surface area contributed by atoms with E-state index in [0.29, 0.717) is 18.1 Å². The molecule has 4 nitrogen and oxygen atoms in total. The molecule has 0 aromatic heterocycles. The second-order valence-electron chi connectivity index (χ2n) is 4.68. The topological polar surface area (TPSA) is 55.8 Å². The van der Waals surface area contributed by atoms with E-state index in [4.69, 9.17) is 9.47 Å². The van der Waals surface area contributed by atoms with E-state index >= 15 is 0 Å². The molecule has 0 aliphatic heterocycles. The highest BCUT2D eigenvalue weighted by atomic mass is 16.5. The van der Waals surface area contributed by atoms with Gasteiger partial charge in [0.05, 0.1) is 6.61 Å². The Bertz CT molecular complexity index is 617. The number of hydrogen-bond acceptors (Lipinski definition) is 3. The molecule has 0 aliphatic carbocycles. The standard InChI is InChI=1S/C17H18O4/c1-3-11-20-13-7-9-14(10-8-13)21-16-12(2)5-4-6-15(16)17(18)19/h4-10H,3,11H2,1-2H3,(H,18,19). The van der Waals surface area contributed by atoms with Crippen LogP contribution in [-0.2, 0) is 0 Å². The van der Waals surface area contributed by atoms with E-state index in [0.717, 1.165) is 17.7 Å². The Morgan fingerprint density at radius 3 is 2.38 bits per heavy atom. The minimum atomic E-state index is -1.00. The molecule has 0 saturated carbocycles. The third kappa shape index (κ3) is 3.75. The molecule has 1 N–H and O–H groups in total. The number of carboxylic acids is 1. The monoisotopic (exact) mass is 286 g/mol. The van der Waals surface area contributed by atoms with E-state index in [9.17, 15) is 9.90 Å². The van der Waals surface area contributed by atoms with Gasteiger partial charge in [0.25, 0.3) is 0 Å². The molecule has 0 saturated heterocycles. The molecule has 110 valence electrons. The highest BCUT2D eigenvalue weighted by Gasteiger charge is 2.14. The fraction of sp³-hybridized carbons (Fsp3) is 0.235. The van der Waals surface area contributed by atoms with Crippen LogP contribution >= 0.6 is 0 Å². The minimum Gasteiger partial charge on any atom is -0.494 e. The van der Waals surface area contributed by atoms with Gasteiger partial charge < -0.3 is 14.6 Å². The molecule has 0 radical (unpaired) electrons. The number of para-hydroxylation sites is 1. The third-order valence-corrected chi connectivity index (χ3v) is 2.96. The Morgan fingerprint density at radius 2 is 1.76 bits per heavy atom. The van der Waals surface area contributed by atoms with Crippen molar-refractivity contribution in [1.29, 1.82) is 0 Å². The quantitative estimate of drug-likeness (QED) is 0.861. The summed E-state index contributed by atoms with van der Waals surface area (Å²) in [4.78, 5) is 11.2. The number of hydrogen-bond donors (Lipinski definition) is 1. The van der Waals surface area contributed by atoms with E-state index in [-0.39, 0.29) is 5.56 Å². The molecule has 4 heteroatoms. The minimum absolute atomic E-state index is 0.154. The van der Waals surface area contributed by atoms with Crippen molar-refractivity contribution in [1.82, 2.24) is 0 Å². The maximum Gasteiger partial charge on any atom is 0.339 e. The fourth-order valence-corrected chi connectivity index (χ4v) is 1.90. The van der Waals surface area contributed by atoms with Crippen molar-refractivity contribution in [3.05, 3.63) is 53.6 Å². The van der Waals surface area contributed by atoms with Crippen LogP contribution in [-0.4, -0.2) is 17.7 Å². The normalized spacial score (nSPS) is 10.2. The average molecular weight is 286 g/mol.